The lowest BCUT2D eigenvalue weighted by molar-refractivity contribution is 0.191. The van der Waals surface area contributed by atoms with Gasteiger partial charge in [-0.3, -0.25) is 0 Å². The third kappa shape index (κ3) is 2.62. The molecule has 5 nitrogen and oxygen atoms in total. The first kappa shape index (κ1) is 11.8. The summed E-state index contributed by atoms with van der Waals surface area (Å²) >= 11 is 3.84. The number of aliphatic hydroxyl groups excluding tert-OH is 1. The van der Waals surface area contributed by atoms with Crippen LogP contribution in [0.25, 0.3) is 0 Å². The summed E-state index contributed by atoms with van der Waals surface area (Å²) in [6, 6.07) is 0.0208. The van der Waals surface area contributed by atoms with E-state index in [2.05, 4.69) is 15.5 Å². The Kier molecular flexibility index (Phi) is 3.60. The van der Waals surface area contributed by atoms with E-state index in [-0.39, 0.29) is 12.1 Å². The van der Waals surface area contributed by atoms with Crippen LogP contribution in [0, 0.1) is 0 Å². The minimum absolute atomic E-state index is 0.0208. The molecule has 0 saturated carbocycles. The molecule has 94 valence electrons. The number of thioether (sulfide) groups is 2. The van der Waals surface area contributed by atoms with Crippen LogP contribution >= 0.6 is 23.5 Å². The Bertz CT molecular complexity index is 362. The molecule has 2 saturated heterocycles. The van der Waals surface area contributed by atoms with Crippen LogP contribution in [0.1, 0.15) is 29.4 Å². The first-order chi connectivity index (χ1) is 8.33. The summed E-state index contributed by atoms with van der Waals surface area (Å²) in [5.41, 5.74) is 0. The van der Waals surface area contributed by atoms with Crippen molar-refractivity contribution in [2.24, 2.45) is 0 Å². The number of β-amino-alcohol motifs (C(OH)–C–C–N with tert-alkyl or cyclic N) is 1. The molecule has 3 rings (SSSR count). The molecule has 3 atom stereocenters. The van der Waals surface area contributed by atoms with Crippen molar-refractivity contribution < 1.29 is 9.63 Å². The second-order valence-electron chi connectivity index (χ2n) is 4.28. The Labute approximate surface area is 108 Å². The smallest absolute Gasteiger partial charge is 0.243 e. The first-order valence-corrected chi connectivity index (χ1v) is 7.97. The third-order valence-corrected chi connectivity index (χ3v) is 5.72. The van der Waals surface area contributed by atoms with E-state index in [1.807, 2.05) is 23.5 Å². The van der Waals surface area contributed by atoms with E-state index >= 15 is 0 Å². The number of hydrogen-bond donors (Lipinski definition) is 2. The predicted octanol–water partition coefficient (Wildman–Crippen LogP) is 0.986. The van der Waals surface area contributed by atoms with Crippen molar-refractivity contribution in [1.82, 2.24) is 15.5 Å². The molecule has 17 heavy (non-hydrogen) atoms. The number of rotatable bonds is 2. The Morgan fingerprint density at radius 2 is 2.35 bits per heavy atom. The van der Waals surface area contributed by atoms with Crippen molar-refractivity contribution in [3.8, 4) is 0 Å². The van der Waals surface area contributed by atoms with Crippen molar-refractivity contribution in [2.45, 2.75) is 23.8 Å². The SMILES string of the molecule is O[C@@H]1CN[C@@H](c2nc(C3CSCCS3)no2)C1. The lowest BCUT2D eigenvalue weighted by atomic mass is 10.2. The summed E-state index contributed by atoms with van der Waals surface area (Å²) in [5.74, 6) is 4.85. The average Bonchev–Trinajstić information content (AvgIpc) is 2.98. The minimum Gasteiger partial charge on any atom is -0.392 e. The summed E-state index contributed by atoms with van der Waals surface area (Å²) < 4.78 is 5.29. The molecule has 0 bridgehead atoms. The predicted molar refractivity (Wildman–Crippen MR) is 68.2 cm³/mol. The standard InChI is InChI=1S/C10H15N3O2S2/c14-6-3-7(11-4-6)10-12-9(13-15-10)8-5-16-1-2-17-8/h6-8,11,14H,1-5H2/t6-,7+,8?/m0/s1. The minimum atomic E-state index is -0.296. The first-order valence-electron chi connectivity index (χ1n) is 5.77. The molecule has 0 amide bonds. The van der Waals surface area contributed by atoms with Crippen molar-refractivity contribution in [1.29, 1.82) is 0 Å². The van der Waals surface area contributed by atoms with Gasteiger partial charge in [-0.15, -0.1) is 11.8 Å². The number of aromatic nitrogens is 2. The summed E-state index contributed by atoms with van der Waals surface area (Å²) in [6.45, 7) is 0.608. The Balaban J connectivity index is 1.69. The van der Waals surface area contributed by atoms with Gasteiger partial charge in [-0.25, -0.2) is 0 Å². The van der Waals surface area contributed by atoms with E-state index in [0.29, 0.717) is 24.1 Å². The van der Waals surface area contributed by atoms with Crippen LogP contribution in [0.3, 0.4) is 0 Å². The van der Waals surface area contributed by atoms with Gasteiger partial charge in [0.05, 0.1) is 17.4 Å². The van der Waals surface area contributed by atoms with Crippen LogP contribution in [0.4, 0.5) is 0 Å². The molecule has 1 aromatic rings. The molecule has 3 heterocycles. The molecule has 0 aromatic carbocycles. The summed E-state index contributed by atoms with van der Waals surface area (Å²) in [4.78, 5) is 4.46. The van der Waals surface area contributed by atoms with Crippen LogP contribution in [-0.4, -0.2) is 45.2 Å². The van der Waals surface area contributed by atoms with Gasteiger partial charge in [-0.05, 0) is 6.42 Å². The van der Waals surface area contributed by atoms with Crippen molar-refractivity contribution in [3.63, 3.8) is 0 Å². The number of aliphatic hydroxyl groups is 1. The molecule has 2 aliphatic heterocycles. The van der Waals surface area contributed by atoms with Gasteiger partial charge in [0.2, 0.25) is 5.89 Å². The van der Waals surface area contributed by atoms with Crippen LogP contribution in [-0.2, 0) is 0 Å². The van der Waals surface area contributed by atoms with Crippen LogP contribution in [0.15, 0.2) is 4.52 Å². The zero-order valence-electron chi connectivity index (χ0n) is 9.33. The molecule has 7 heteroatoms. The molecule has 0 spiro atoms. The second-order valence-corrected chi connectivity index (χ2v) is 6.74. The van der Waals surface area contributed by atoms with Gasteiger partial charge < -0.3 is 14.9 Å². The normalized spacial score (nSPS) is 34.1. The highest BCUT2D eigenvalue weighted by Crippen LogP contribution is 2.35. The highest BCUT2D eigenvalue weighted by molar-refractivity contribution is 8.06. The van der Waals surface area contributed by atoms with E-state index < -0.39 is 0 Å². The van der Waals surface area contributed by atoms with E-state index in [0.717, 1.165) is 17.3 Å². The van der Waals surface area contributed by atoms with Gasteiger partial charge in [-0.1, -0.05) is 5.16 Å². The fourth-order valence-corrected chi connectivity index (χ4v) is 4.65. The Hall–Kier alpha value is -0.240. The van der Waals surface area contributed by atoms with Crippen LogP contribution < -0.4 is 5.32 Å². The molecule has 2 N–H and O–H groups in total. The lowest BCUT2D eigenvalue weighted by Gasteiger charge is -2.17. The van der Waals surface area contributed by atoms with Gasteiger partial charge in [0.25, 0.3) is 0 Å². The lowest BCUT2D eigenvalue weighted by Crippen LogP contribution is -2.15. The maximum absolute atomic E-state index is 9.46. The molecule has 0 radical (unpaired) electrons. The number of nitrogens with one attached hydrogen (secondary N) is 1. The van der Waals surface area contributed by atoms with E-state index in [4.69, 9.17) is 4.52 Å². The van der Waals surface area contributed by atoms with Crippen molar-refractivity contribution >= 4 is 23.5 Å². The fourth-order valence-electron chi connectivity index (χ4n) is 2.06. The summed E-state index contributed by atoms with van der Waals surface area (Å²) in [5, 5.41) is 17.1. The maximum atomic E-state index is 9.46. The van der Waals surface area contributed by atoms with E-state index in [1.165, 1.54) is 5.75 Å². The van der Waals surface area contributed by atoms with Crippen molar-refractivity contribution in [2.75, 3.05) is 23.8 Å². The topological polar surface area (TPSA) is 71.2 Å². The number of nitrogens with zero attached hydrogens (tertiary/aromatic N) is 2. The molecule has 1 unspecified atom stereocenters. The van der Waals surface area contributed by atoms with Crippen molar-refractivity contribution in [3.05, 3.63) is 11.7 Å². The average molecular weight is 273 g/mol. The fraction of sp³-hybridized carbons (Fsp3) is 0.800. The zero-order valence-corrected chi connectivity index (χ0v) is 11.0. The summed E-state index contributed by atoms with van der Waals surface area (Å²) in [6.07, 6.45) is 0.365. The van der Waals surface area contributed by atoms with Gasteiger partial charge in [0, 0.05) is 23.8 Å². The Morgan fingerprint density at radius 3 is 3.06 bits per heavy atom. The highest BCUT2D eigenvalue weighted by atomic mass is 32.2. The monoisotopic (exact) mass is 273 g/mol. The van der Waals surface area contributed by atoms with Gasteiger partial charge in [0.1, 0.15) is 0 Å². The van der Waals surface area contributed by atoms with Crippen LogP contribution in [0.2, 0.25) is 0 Å². The van der Waals surface area contributed by atoms with E-state index in [1.54, 1.807) is 0 Å². The van der Waals surface area contributed by atoms with Crippen LogP contribution in [0.5, 0.6) is 0 Å². The second kappa shape index (κ2) is 5.17. The highest BCUT2D eigenvalue weighted by Gasteiger charge is 2.29. The molecule has 2 aliphatic rings. The largest absolute Gasteiger partial charge is 0.392 e. The number of hydrogen-bond acceptors (Lipinski definition) is 7. The third-order valence-electron chi connectivity index (χ3n) is 2.97. The summed E-state index contributed by atoms with van der Waals surface area (Å²) in [7, 11) is 0. The molecular weight excluding hydrogens is 258 g/mol. The van der Waals surface area contributed by atoms with Gasteiger partial charge in [0.15, 0.2) is 5.82 Å². The zero-order chi connectivity index (χ0) is 11.7. The maximum Gasteiger partial charge on any atom is 0.243 e. The molecule has 0 aliphatic carbocycles. The van der Waals surface area contributed by atoms with E-state index in [9.17, 15) is 5.11 Å². The van der Waals surface area contributed by atoms with Gasteiger partial charge in [-0.2, -0.15) is 16.7 Å². The van der Waals surface area contributed by atoms with Gasteiger partial charge >= 0.3 is 0 Å². The quantitative estimate of drug-likeness (QED) is 0.832. The Morgan fingerprint density at radius 1 is 1.41 bits per heavy atom. The molecule has 1 aromatic heterocycles. The molecule has 2 fully saturated rings. The molecular formula is C10H15N3O2S2.